The van der Waals surface area contributed by atoms with Gasteiger partial charge in [0.25, 0.3) is 0 Å². The Morgan fingerprint density at radius 1 is 1.15 bits per heavy atom. The highest BCUT2D eigenvalue weighted by Gasteiger charge is 2.04. The molecule has 0 saturated heterocycles. The molecular weight excluding hydrogens is 338 g/mol. The summed E-state index contributed by atoms with van der Waals surface area (Å²) >= 11 is 9.26. The summed E-state index contributed by atoms with van der Waals surface area (Å²) in [5, 5.41) is 3.36. The molecule has 0 fully saturated rings. The molecule has 0 aliphatic heterocycles. The lowest BCUT2D eigenvalue weighted by Crippen LogP contribution is -1.95. The summed E-state index contributed by atoms with van der Waals surface area (Å²) in [6.07, 6.45) is 3.54. The summed E-state index contributed by atoms with van der Waals surface area (Å²) in [5.74, 6) is 0.498. The third-order valence-electron chi connectivity index (χ3n) is 2.90. The molecule has 0 unspecified atom stereocenters. The predicted molar refractivity (Wildman–Crippen MR) is 86.5 cm³/mol. The van der Waals surface area contributed by atoms with Crippen molar-refractivity contribution in [3.8, 4) is 0 Å². The SMILES string of the molecule is ClCc1cccc(Nc2ccnc3cc(Br)cnc23)c1. The molecule has 0 spiro atoms. The van der Waals surface area contributed by atoms with Crippen molar-refractivity contribution < 1.29 is 0 Å². The molecule has 3 aromatic rings. The molecule has 0 aliphatic rings. The van der Waals surface area contributed by atoms with Gasteiger partial charge in [-0.05, 0) is 45.8 Å². The van der Waals surface area contributed by atoms with Crippen LogP contribution in [0.5, 0.6) is 0 Å². The van der Waals surface area contributed by atoms with Crippen LogP contribution in [0.25, 0.3) is 11.0 Å². The van der Waals surface area contributed by atoms with Crippen molar-refractivity contribution in [2.45, 2.75) is 5.88 Å². The fraction of sp³-hybridized carbons (Fsp3) is 0.0667. The molecule has 100 valence electrons. The molecule has 2 aromatic heterocycles. The molecule has 0 radical (unpaired) electrons. The van der Waals surface area contributed by atoms with Gasteiger partial charge in [0.05, 0.1) is 11.2 Å². The van der Waals surface area contributed by atoms with Gasteiger partial charge < -0.3 is 5.32 Å². The van der Waals surface area contributed by atoms with E-state index in [1.807, 2.05) is 36.4 Å². The van der Waals surface area contributed by atoms with E-state index in [9.17, 15) is 0 Å². The molecule has 3 nitrogen and oxygen atoms in total. The van der Waals surface area contributed by atoms with Crippen LogP contribution in [0.4, 0.5) is 11.4 Å². The Balaban J connectivity index is 2.02. The standard InChI is InChI=1S/C15H11BrClN3/c16-11-7-14-15(19-9-11)13(4-5-18-14)20-12-3-1-2-10(6-12)8-17/h1-7,9H,8H2,(H,18,20). The van der Waals surface area contributed by atoms with Gasteiger partial charge in [-0.3, -0.25) is 9.97 Å². The Kier molecular flexibility index (Phi) is 3.85. The summed E-state index contributed by atoms with van der Waals surface area (Å²) in [5.41, 5.74) is 4.67. The van der Waals surface area contributed by atoms with Crippen LogP contribution in [-0.2, 0) is 5.88 Å². The van der Waals surface area contributed by atoms with Crippen molar-refractivity contribution >= 4 is 49.9 Å². The van der Waals surface area contributed by atoms with Crippen molar-refractivity contribution in [3.05, 3.63) is 58.8 Å². The number of benzene rings is 1. The summed E-state index contributed by atoms with van der Waals surface area (Å²) in [7, 11) is 0. The number of rotatable bonds is 3. The van der Waals surface area contributed by atoms with Gasteiger partial charge in [0.15, 0.2) is 0 Å². The zero-order valence-corrected chi connectivity index (χ0v) is 12.8. The minimum atomic E-state index is 0.498. The minimum Gasteiger partial charge on any atom is -0.354 e. The Morgan fingerprint density at radius 2 is 2.05 bits per heavy atom. The van der Waals surface area contributed by atoms with Gasteiger partial charge in [-0.2, -0.15) is 0 Å². The Labute approximate surface area is 130 Å². The summed E-state index contributed by atoms with van der Waals surface area (Å²) < 4.78 is 0.916. The van der Waals surface area contributed by atoms with Crippen LogP contribution in [0.1, 0.15) is 5.56 Å². The maximum atomic E-state index is 5.86. The van der Waals surface area contributed by atoms with E-state index >= 15 is 0 Å². The molecule has 0 saturated carbocycles. The van der Waals surface area contributed by atoms with Gasteiger partial charge in [-0.1, -0.05) is 12.1 Å². The number of pyridine rings is 2. The van der Waals surface area contributed by atoms with Gasteiger partial charge in [0.1, 0.15) is 5.52 Å². The topological polar surface area (TPSA) is 37.8 Å². The van der Waals surface area contributed by atoms with Crippen LogP contribution in [0.2, 0.25) is 0 Å². The van der Waals surface area contributed by atoms with E-state index in [4.69, 9.17) is 11.6 Å². The van der Waals surface area contributed by atoms with Gasteiger partial charge in [-0.25, -0.2) is 0 Å². The van der Waals surface area contributed by atoms with E-state index in [2.05, 4.69) is 31.2 Å². The Bertz CT molecular complexity index is 761. The Morgan fingerprint density at radius 3 is 2.90 bits per heavy atom. The molecule has 5 heteroatoms. The molecule has 0 amide bonds. The van der Waals surface area contributed by atoms with E-state index in [0.717, 1.165) is 32.4 Å². The second-order valence-corrected chi connectivity index (χ2v) is 5.52. The van der Waals surface area contributed by atoms with Gasteiger partial charge in [0.2, 0.25) is 0 Å². The molecule has 0 aliphatic carbocycles. The van der Waals surface area contributed by atoms with Crippen LogP contribution in [-0.4, -0.2) is 9.97 Å². The number of hydrogen-bond donors (Lipinski definition) is 1. The molecule has 3 rings (SSSR count). The highest BCUT2D eigenvalue weighted by atomic mass is 79.9. The largest absolute Gasteiger partial charge is 0.354 e. The first kappa shape index (κ1) is 13.3. The number of hydrogen-bond acceptors (Lipinski definition) is 3. The predicted octanol–water partition coefficient (Wildman–Crippen LogP) is 4.87. The molecule has 0 bridgehead atoms. The van der Waals surface area contributed by atoms with Crippen LogP contribution in [0, 0.1) is 0 Å². The highest BCUT2D eigenvalue weighted by molar-refractivity contribution is 9.10. The lowest BCUT2D eigenvalue weighted by molar-refractivity contribution is 1.32. The summed E-state index contributed by atoms with van der Waals surface area (Å²) in [4.78, 5) is 8.75. The van der Waals surface area contributed by atoms with Crippen LogP contribution < -0.4 is 5.32 Å². The van der Waals surface area contributed by atoms with E-state index in [1.165, 1.54) is 0 Å². The van der Waals surface area contributed by atoms with Gasteiger partial charge in [-0.15, -0.1) is 11.6 Å². The average Bonchev–Trinajstić information content (AvgIpc) is 2.47. The zero-order valence-electron chi connectivity index (χ0n) is 10.5. The van der Waals surface area contributed by atoms with E-state index in [1.54, 1.807) is 12.4 Å². The van der Waals surface area contributed by atoms with Crippen LogP contribution in [0.3, 0.4) is 0 Å². The third kappa shape index (κ3) is 2.76. The fourth-order valence-corrected chi connectivity index (χ4v) is 2.48. The van der Waals surface area contributed by atoms with Crippen LogP contribution in [0.15, 0.2) is 53.3 Å². The smallest absolute Gasteiger partial charge is 0.112 e. The molecular formula is C15H11BrClN3. The van der Waals surface area contributed by atoms with E-state index in [-0.39, 0.29) is 0 Å². The molecule has 1 aromatic carbocycles. The first-order valence-electron chi connectivity index (χ1n) is 6.08. The fourth-order valence-electron chi connectivity index (χ4n) is 1.99. The Hall–Kier alpha value is -1.65. The van der Waals surface area contributed by atoms with Crippen molar-refractivity contribution in [2.75, 3.05) is 5.32 Å². The third-order valence-corrected chi connectivity index (χ3v) is 3.65. The zero-order chi connectivity index (χ0) is 13.9. The second kappa shape index (κ2) is 5.77. The second-order valence-electron chi connectivity index (χ2n) is 4.34. The maximum Gasteiger partial charge on any atom is 0.112 e. The van der Waals surface area contributed by atoms with Gasteiger partial charge in [0, 0.05) is 28.4 Å². The van der Waals surface area contributed by atoms with Crippen molar-refractivity contribution in [1.82, 2.24) is 9.97 Å². The number of fused-ring (bicyclic) bond motifs is 1. The lowest BCUT2D eigenvalue weighted by Gasteiger charge is -2.09. The maximum absolute atomic E-state index is 5.86. The quantitative estimate of drug-likeness (QED) is 0.686. The number of nitrogens with one attached hydrogen (secondary N) is 1. The first-order chi connectivity index (χ1) is 9.76. The van der Waals surface area contributed by atoms with E-state index < -0.39 is 0 Å². The molecule has 2 heterocycles. The molecule has 0 atom stereocenters. The normalized spacial score (nSPS) is 10.7. The van der Waals surface area contributed by atoms with Crippen molar-refractivity contribution in [1.29, 1.82) is 0 Å². The summed E-state index contributed by atoms with van der Waals surface area (Å²) in [6.45, 7) is 0. The number of alkyl halides is 1. The van der Waals surface area contributed by atoms with Crippen LogP contribution >= 0.6 is 27.5 Å². The molecule has 1 N–H and O–H groups in total. The van der Waals surface area contributed by atoms with E-state index in [0.29, 0.717) is 5.88 Å². The first-order valence-corrected chi connectivity index (χ1v) is 7.41. The summed E-state index contributed by atoms with van der Waals surface area (Å²) in [6, 6.07) is 11.9. The average molecular weight is 349 g/mol. The van der Waals surface area contributed by atoms with Gasteiger partial charge >= 0.3 is 0 Å². The lowest BCUT2D eigenvalue weighted by atomic mass is 10.2. The number of halogens is 2. The highest BCUT2D eigenvalue weighted by Crippen LogP contribution is 2.25. The number of aromatic nitrogens is 2. The molecule has 20 heavy (non-hydrogen) atoms. The van der Waals surface area contributed by atoms with Crippen molar-refractivity contribution in [2.24, 2.45) is 0 Å². The minimum absolute atomic E-state index is 0.498. The monoisotopic (exact) mass is 347 g/mol. The number of anilines is 2. The number of nitrogens with zero attached hydrogens (tertiary/aromatic N) is 2. The van der Waals surface area contributed by atoms with Crippen molar-refractivity contribution in [3.63, 3.8) is 0 Å².